The summed E-state index contributed by atoms with van der Waals surface area (Å²) in [5.41, 5.74) is 21.9. The molecule has 58 heavy (non-hydrogen) atoms. The zero-order valence-electron chi connectivity index (χ0n) is 33.1. The third-order valence-electron chi connectivity index (χ3n) is 10.2. The average Bonchev–Trinajstić information content (AvgIpc) is 4.06. The predicted octanol–water partition coefficient (Wildman–Crippen LogP) is 1.05. The van der Waals surface area contributed by atoms with Gasteiger partial charge < -0.3 is 52.8 Å². The molecule has 3 aromatic rings. The van der Waals surface area contributed by atoms with Gasteiger partial charge in [-0.2, -0.15) is 5.26 Å². The van der Waals surface area contributed by atoms with Crippen LogP contribution in [0.1, 0.15) is 70.8 Å². The molecule has 0 radical (unpaired) electrons. The number of amides is 5. The topological polar surface area (TPSA) is 257 Å². The van der Waals surface area contributed by atoms with E-state index < -0.39 is 53.7 Å². The average molecular weight is 796 g/mol. The van der Waals surface area contributed by atoms with Crippen LogP contribution in [0.5, 0.6) is 11.5 Å². The van der Waals surface area contributed by atoms with Crippen LogP contribution in [-0.4, -0.2) is 99.0 Å². The van der Waals surface area contributed by atoms with Gasteiger partial charge in [-0.3, -0.25) is 24.0 Å². The maximum absolute atomic E-state index is 14.5. The van der Waals surface area contributed by atoms with Crippen molar-refractivity contribution in [3.63, 3.8) is 0 Å². The zero-order chi connectivity index (χ0) is 41.9. The number of ether oxygens (including phenoxy) is 2. The molecule has 1 fully saturated rings. The molecule has 1 aliphatic heterocycles. The molecule has 0 unspecified atom stereocenters. The number of benzene rings is 3. The van der Waals surface area contributed by atoms with Crippen LogP contribution in [0.25, 0.3) is 11.1 Å². The van der Waals surface area contributed by atoms with Gasteiger partial charge in [0, 0.05) is 43.2 Å². The minimum atomic E-state index is -1.35. The Morgan fingerprint density at radius 1 is 0.897 bits per heavy atom. The Bertz CT molecular complexity index is 2050. The van der Waals surface area contributed by atoms with Crippen LogP contribution in [0, 0.1) is 18.3 Å². The van der Waals surface area contributed by atoms with Gasteiger partial charge in [0.15, 0.2) is 0 Å². The highest BCUT2D eigenvalue weighted by atomic mass is 16.5. The molecule has 1 saturated carbocycles. The quantitative estimate of drug-likeness (QED) is 0.107. The highest BCUT2D eigenvalue weighted by Gasteiger charge is 2.36. The van der Waals surface area contributed by atoms with Crippen LogP contribution in [0.15, 0.2) is 54.6 Å². The van der Waals surface area contributed by atoms with E-state index in [1.54, 1.807) is 42.5 Å². The van der Waals surface area contributed by atoms with Gasteiger partial charge in [-0.1, -0.05) is 24.3 Å². The number of carbonyl (C=O) groups excluding carboxylic acids is 5. The molecule has 5 amide bonds. The molecule has 0 aromatic heterocycles. The van der Waals surface area contributed by atoms with Crippen LogP contribution in [-0.2, 0) is 25.6 Å². The van der Waals surface area contributed by atoms with E-state index in [4.69, 9.17) is 31.9 Å². The second kappa shape index (κ2) is 19.9. The van der Waals surface area contributed by atoms with E-state index in [-0.39, 0.29) is 52.2 Å². The summed E-state index contributed by atoms with van der Waals surface area (Å²) < 4.78 is 12.1. The summed E-state index contributed by atoms with van der Waals surface area (Å²) >= 11 is 0. The van der Waals surface area contributed by atoms with Crippen molar-refractivity contribution < 1.29 is 33.4 Å². The largest absolute Gasteiger partial charge is 0.492 e. The van der Waals surface area contributed by atoms with Crippen molar-refractivity contribution >= 4 is 29.5 Å². The van der Waals surface area contributed by atoms with E-state index in [2.05, 4.69) is 21.3 Å². The summed E-state index contributed by atoms with van der Waals surface area (Å²) in [4.78, 5) is 70.7. The molecule has 3 aromatic carbocycles. The highest BCUT2D eigenvalue weighted by Crippen LogP contribution is 2.41. The van der Waals surface area contributed by atoms with Crippen molar-refractivity contribution in [2.24, 2.45) is 17.2 Å². The minimum Gasteiger partial charge on any atom is -0.492 e. The third kappa shape index (κ3) is 10.5. The van der Waals surface area contributed by atoms with Gasteiger partial charge in [0.2, 0.25) is 23.6 Å². The lowest BCUT2D eigenvalue weighted by molar-refractivity contribution is -0.141. The first-order valence-corrected chi connectivity index (χ1v) is 19.5. The van der Waals surface area contributed by atoms with Crippen LogP contribution in [0.2, 0.25) is 0 Å². The Morgan fingerprint density at radius 2 is 1.55 bits per heavy atom. The molecular weight excluding hydrogens is 743 g/mol. The summed E-state index contributed by atoms with van der Waals surface area (Å²) in [5.74, 6) is -1.76. The fourth-order valence-corrected chi connectivity index (χ4v) is 6.98. The normalized spacial score (nSPS) is 18.3. The van der Waals surface area contributed by atoms with Crippen molar-refractivity contribution in [3.8, 4) is 28.7 Å². The van der Waals surface area contributed by atoms with Gasteiger partial charge in [-0.15, -0.1) is 0 Å². The first-order chi connectivity index (χ1) is 27.9. The molecule has 16 heteroatoms. The summed E-state index contributed by atoms with van der Waals surface area (Å²) in [6.07, 6.45) is 2.32. The number of nitrogens with one attached hydrogen (secondary N) is 4. The van der Waals surface area contributed by atoms with Crippen LogP contribution in [0.3, 0.4) is 0 Å². The molecule has 1 heterocycles. The SMILES string of the molecule is Cc1cc(C2CC2)ccc1C(=O)N[C@@H](CCN)C(=O)N(C)[C@@H]1C(=O)N[C@@H](C)C(=O)N[C@H](C(=O)NCC#N)Cc2ccc(OCCN)c(c2)-c2cc1ccc2OCCN. The van der Waals surface area contributed by atoms with Gasteiger partial charge in [-0.25, -0.2) is 0 Å². The molecule has 16 nitrogen and oxygen atoms in total. The number of likely N-dealkylation sites (N-methyl/N-ethyl adjacent to an activating group) is 1. The molecule has 10 N–H and O–H groups in total. The standard InChI is InChI=1S/C42H53N9O7/c1-24-20-28(27-5-6-27)7-9-30(24)39(53)49-33(12-13-43)42(56)51(3)37-29-8-11-36(58-19-16-46)32(23-29)31-21-26(4-10-35(31)57-18-15-45)22-34(40(54)47-17-14-44)50-38(52)25(2)48-41(37)55/h4,7-11,20-21,23,25,27,33-34,37H,5-6,12-13,15-19,22,43,45-46H2,1-3H3,(H,47,54)(H,48,55)(H,49,53)(H,50,52)/t25-,33-,34-,37-/m0/s1. The van der Waals surface area contributed by atoms with E-state index in [0.29, 0.717) is 45.2 Å². The van der Waals surface area contributed by atoms with Crippen molar-refractivity contribution in [3.05, 3.63) is 82.4 Å². The molecule has 1 aliphatic carbocycles. The molecule has 5 rings (SSSR count). The van der Waals surface area contributed by atoms with Gasteiger partial charge >= 0.3 is 0 Å². The molecule has 0 spiro atoms. The van der Waals surface area contributed by atoms with Crippen molar-refractivity contribution in [2.75, 3.05) is 46.4 Å². The number of hydrogen-bond donors (Lipinski definition) is 7. The highest BCUT2D eigenvalue weighted by molar-refractivity contribution is 6.00. The number of nitriles is 1. The number of rotatable bonds is 15. The van der Waals surface area contributed by atoms with Crippen LogP contribution in [0.4, 0.5) is 0 Å². The first kappa shape index (κ1) is 43.1. The molecule has 4 bridgehead atoms. The van der Waals surface area contributed by atoms with Gasteiger partial charge in [0.1, 0.15) is 55.4 Å². The Hall–Kier alpha value is -6.02. The monoisotopic (exact) mass is 795 g/mol. The second-order valence-electron chi connectivity index (χ2n) is 14.5. The predicted molar refractivity (Wildman–Crippen MR) is 216 cm³/mol. The lowest BCUT2D eigenvalue weighted by Gasteiger charge is -2.32. The number of nitrogens with two attached hydrogens (primary N) is 3. The lowest BCUT2D eigenvalue weighted by atomic mass is 9.93. The summed E-state index contributed by atoms with van der Waals surface area (Å²) in [7, 11) is 1.44. The number of aryl methyl sites for hydroxylation is 1. The Kier molecular flexibility index (Phi) is 14.8. The summed E-state index contributed by atoms with van der Waals surface area (Å²) in [6, 6.07) is 13.0. The van der Waals surface area contributed by atoms with Gasteiger partial charge in [0.05, 0.1) is 6.07 Å². The van der Waals surface area contributed by atoms with Crippen LogP contribution >= 0.6 is 0 Å². The van der Waals surface area contributed by atoms with E-state index in [0.717, 1.165) is 18.4 Å². The van der Waals surface area contributed by atoms with Gasteiger partial charge in [-0.05, 0) is 98.2 Å². The number of fused-ring (bicyclic) bond motifs is 5. The smallest absolute Gasteiger partial charge is 0.252 e. The maximum Gasteiger partial charge on any atom is 0.252 e. The summed E-state index contributed by atoms with van der Waals surface area (Å²) in [6.45, 7) is 3.81. The third-order valence-corrected chi connectivity index (χ3v) is 10.2. The van der Waals surface area contributed by atoms with Gasteiger partial charge in [0.25, 0.3) is 5.91 Å². The fourth-order valence-electron chi connectivity index (χ4n) is 6.98. The minimum absolute atomic E-state index is 0.0187. The van der Waals surface area contributed by atoms with E-state index in [9.17, 15) is 24.0 Å². The molecule has 4 atom stereocenters. The summed E-state index contributed by atoms with van der Waals surface area (Å²) in [5, 5.41) is 19.9. The number of hydrogen-bond acceptors (Lipinski definition) is 11. The van der Waals surface area contributed by atoms with E-state index in [1.165, 1.54) is 24.4 Å². The maximum atomic E-state index is 14.5. The van der Waals surface area contributed by atoms with Crippen LogP contribution < -0.4 is 47.9 Å². The zero-order valence-corrected chi connectivity index (χ0v) is 33.1. The molecule has 308 valence electrons. The van der Waals surface area contributed by atoms with Crippen molar-refractivity contribution in [1.82, 2.24) is 26.2 Å². The lowest BCUT2D eigenvalue weighted by Crippen LogP contribution is -2.56. The molecule has 2 aliphatic rings. The first-order valence-electron chi connectivity index (χ1n) is 19.5. The molecule has 0 saturated heterocycles. The number of carbonyl (C=O) groups is 5. The van der Waals surface area contributed by atoms with E-state index >= 15 is 0 Å². The number of nitrogens with zero attached hydrogens (tertiary/aromatic N) is 2. The second-order valence-corrected chi connectivity index (χ2v) is 14.5. The van der Waals surface area contributed by atoms with Crippen molar-refractivity contribution in [2.45, 2.75) is 69.6 Å². The van der Waals surface area contributed by atoms with Crippen molar-refractivity contribution in [1.29, 1.82) is 5.26 Å². The fraction of sp³-hybridized carbons (Fsp3) is 0.429. The van der Waals surface area contributed by atoms with E-state index in [1.807, 2.05) is 25.1 Å². The Labute approximate surface area is 338 Å². The Balaban J connectivity index is 1.60. The Morgan fingerprint density at radius 3 is 2.17 bits per heavy atom. The molecular formula is C42H53N9O7.